The molecule has 0 aliphatic carbocycles. The number of hydrogen-bond donors (Lipinski definition) is 1. The molecule has 0 aromatic heterocycles. The average Bonchev–Trinajstić information content (AvgIpc) is 3.61. The summed E-state index contributed by atoms with van der Waals surface area (Å²) in [6.45, 7) is 6.04. The number of carbonyl (C=O) groups is 2. The minimum absolute atomic E-state index is 0.0438. The van der Waals surface area contributed by atoms with Gasteiger partial charge in [0.15, 0.2) is 12.3 Å². The van der Waals surface area contributed by atoms with Gasteiger partial charge in [0.1, 0.15) is 13.0 Å². The van der Waals surface area contributed by atoms with Crippen LogP contribution in [-0.2, 0) is 38.0 Å². The number of para-hydroxylation sites is 1. The molecule has 2 aliphatic heterocycles. The third-order valence-corrected chi connectivity index (χ3v) is 11.7. The zero-order valence-electron chi connectivity index (χ0n) is 32.5. The predicted molar refractivity (Wildman–Crippen MR) is 231 cm³/mol. The predicted octanol–water partition coefficient (Wildman–Crippen LogP) is 10.3. The fourth-order valence-electron chi connectivity index (χ4n) is 9.32. The van der Waals surface area contributed by atoms with Gasteiger partial charge >= 0.3 is 5.97 Å². The molecule has 0 atom stereocenters. The molecule has 0 saturated heterocycles. The van der Waals surface area contributed by atoms with Crippen molar-refractivity contribution in [2.75, 3.05) is 24.6 Å². The van der Waals surface area contributed by atoms with Crippen molar-refractivity contribution in [3.8, 4) is 0 Å². The minimum Gasteiger partial charge on any atom is -0.481 e. The summed E-state index contributed by atoms with van der Waals surface area (Å²) >= 11 is 0. The molecule has 0 fully saturated rings. The van der Waals surface area contributed by atoms with E-state index in [0.29, 0.717) is 19.6 Å². The monoisotopic (exact) mass is 751 g/mol. The number of carboxylic acids is 1. The first-order chi connectivity index (χ1) is 27.8. The highest BCUT2D eigenvalue weighted by Gasteiger charge is 2.49. The number of carboxylic acid groups (broad SMARTS) is 1. The second-order valence-corrected chi connectivity index (χ2v) is 15.5. The summed E-state index contributed by atoms with van der Waals surface area (Å²) in [6.07, 6.45) is 12.2. The highest BCUT2D eigenvalue weighted by molar-refractivity contribution is 6.17. The largest absolute Gasteiger partial charge is 0.481 e. The first-order valence-corrected chi connectivity index (χ1v) is 19.7. The van der Waals surface area contributed by atoms with Gasteiger partial charge in [-0.05, 0) is 65.6 Å². The van der Waals surface area contributed by atoms with Crippen LogP contribution in [0, 0.1) is 0 Å². The van der Waals surface area contributed by atoms with Crippen LogP contribution in [0.3, 0.4) is 0 Å². The Labute approximate surface area is 334 Å². The Hall–Kier alpha value is -6.53. The Bertz CT molecular complexity index is 2540. The number of hydrogen-bond acceptors (Lipinski definition) is 4. The molecule has 2 heterocycles. The van der Waals surface area contributed by atoms with Gasteiger partial charge < -0.3 is 14.7 Å². The number of benzene rings is 6. The van der Waals surface area contributed by atoms with Crippen molar-refractivity contribution >= 4 is 51.1 Å². The molecule has 284 valence electrons. The van der Waals surface area contributed by atoms with E-state index in [-0.39, 0.29) is 18.4 Å². The van der Waals surface area contributed by atoms with Crippen molar-refractivity contribution in [2.24, 2.45) is 0 Å². The van der Waals surface area contributed by atoms with E-state index in [1.807, 2.05) is 12.1 Å². The van der Waals surface area contributed by atoms with E-state index in [9.17, 15) is 14.7 Å². The highest BCUT2D eigenvalue weighted by Crippen LogP contribution is 2.57. The number of carbonyl (C=O) groups excluding carboxylic acids is 1. The first kappa shape index (κ1) is 37.4. The topological polar surface area (TPSA) is 69.8 Å². The van der Waals surface area contributed by atoms with E-state index < -0.39 is 11.4 Å². The third kappa shape index (κ3) is 6.97. The number of nitrogens with zero attached hydrogens (tertiary/aromatic N) is 2. The number of anilines is 1. The number of allylic oxidation sites excluding steroid dienone is 6. The number of rotatable bonds is 14. The van der Waals surface area contributed by atoms with E-state index in [0.717, 1.165) is 41.0 Å². The SMILES string of the molecule is CC1(C)C(C=CC=CC=C2N(CCOC=O)c3c(c4ccccc4c4ccccc34)C2(Cc2ccccc2)Cc2ccccc2)=[N+](CCC(=O)O)c2ccccc21. The van der Waals surface area contributed by atoms with Gasteiger partial charge in [-0.25, -0.2) is 0 Å². The van der Waals surface area contributed by atoms with Gasteiger partial charge in [-0.3, -0.25) is 9.59 Å². The Balaban J connectivity index is 1.33. The Morgan fingerprint density at radius 2 is 1.30 bits per heavy atom. The van der Waals surface area contributed by atoms with Crippen LogP contribution in [-0.4, -0.2) is 47.5 Å². The van der Waals surface area contributed by atoms with E-state index >= 15 is 0 Å². The van der Waals surface area contributed by atoms with Crippen LogP contribution in [0.15, 0.2) is 170 Å². The first-order valence-electron chi connectivity index (χ1n) is 19.7. The molecule has 0 unspecified atom stereocenters. The number of fused-ring (bicyclic) bond motifs is 7. The lowest BCUT2D eigenvalue weighted by Gasteiger charge is -2.35. The molecule has 57 heavy (non-hydrogen) atoms. The summed E-state index contributed by atoms with van der Waals surface area (Å²) in [5, 5.41) is 14.4. The van der Waals surface area contributed by atoms with Crippen molar-refractivity contribution in [1.29, 1.82) is 0 Å². The zero-order valence-corrected chi connectivity index (χ0v) is 32.5. The summed E-state index contributed by atoms with van der Waals surface area (Å²) in [5.74, 6) is -0.817. The molecule has 6 heteroatoms. The molecule has 8 rings (SSSR count). The van der Waals surface area contributed by atoms with Gasteiger partial charge in [0, 0.05) is 34.2 Å². The van der Waals surface area contributed by atoms with Gasteiger partial charge in [0.2, 0.25) is 5.69 Å². The van der Waals surface area contributed by atoms with E-state index in [4.69, 9.17) is 4.74 Å². The van der Waals surface area contributed by atoms with E-state index in [1.165, 1.54) is 38.4 Å². The fourth-order valence-corrected chi connectivity index (χ4v) is 9.32. The van der Waals surface area contributed by atoms with Gasteiger partial charge in [0.05, 0.1) is 17.6 Å². The van der Waals surface area contributed by atoms with Crippen LogP contribution < -0.4 is 4.90 Å². The summed E-state index contributed by atoms with van der Waals surface area (Å²) in [7, 11) is 0. The third-order valence-electron chi connectivity index (χ3n) is 11.7. The molecule has 2 aliphatic rings. The second-order valence-electron chi connectivity index (χ2n) is 15.5. The van der Waals surface area contributed by atoms with Crippen LogP contribution in [0.5, 0.6) is 0 Å². The smallest absolute Gasteiger partial charge is 0.309 e. The number of ether oxygens (including phenoxy) is 1. The van der Waals surface area contributed by atoms with E-state index in [2.05, 4.69) is 175 Å². The molecular weight excluding hydrogens is 705 g/mol. The van der Waals surface area contributed by atoms with Gasteiger partial charge in [0.25, 0.3) is 6.47 Å². The number of aliphatic carboxylic acids is 1. The second kappa shape index (κ2) is 15.9. The molecule has 0 bridgehead atoms. The Morgan fingerprint density at radius 1 is 0.719 bits per heavy atom. The van der Waals surface area contributed by atoms with Crippen molar-refractivity contribution in [3.63, 3.8) is 0 Å². The van der Waals surface area contributed by atoms with Crippen molar-refractivity contribution in [2.45, 2.75) is 43.9 Å². The molecule has 0 spiro atoms. The summed E-state index contributed by atoms with van der Waals surface area (Å²) in [5.41, 5.74) is 8.52. The summed E-state index contributed by atoms with van der Waals surface area (Å²) in [6, 6.07) is 47.2. The lowest BCUT2D eigenvalue weighted by atomic mass is 9.69. The van der Waals surface area contributed by atoms with Gasteiger partial charge in [-0.1, -0.05) is 146 Å². The summed E-state index contributed by atoms with van der Waals surface area (Å²) in [4.78, 5) is 25.6. The van der Waals surface area contributed by atoms with Crippen LogP contribution in [0.1, 0.15) is 42.5 Å². The van der Waals surface area contributed by atoms with Gasteiger partial charge in [-0.15, -0.1) is 0 Å². The Morgan fingerprint density at radius 3 is 1.95 bits per heavy atom. The van der Waals surface area contributed by atoms with E-state index in [1.54, 1.807) is 0 Å². The average molecular weight is 752 g/mol. The molecule has 0 amide bonds. The van der Waals surface area contributed by atoms with Crippen LogP contribution in [0.2, 0.25) is 0 Å². The van der Waals surface area contributed by atoms with Crippen LogP contribution in [0.4, 0.5) is 11.4 Å². The maximum Gasteiger partial charge on any atom is 0.309 e. The van der Waals surface area contributed by atoms with Crippen molar-refractivity contribution < 1.29 is 24.0 Å². The normalized spacial score (nSPS) is 16.2. The standard InChI is InChI=1S/C51H46N2O4/c1-50(2)43-26-16-17-27-44(43)52(31-30-47(55)56)45(50)28-10-5-11-29-46-51(34-37-18-6-3-7-19-37,35-38-20-8-4-9-21-38)48-41-24-14-12-22-39(41)40-23-13-15-25-42(40)49(48)53(46)32-33-57-36-54/h3-29,36H,30-35H2,1-2H3/p+1. The van der Waals surface area contributed by atoms with Crippen LogP contribution in [0.25, 0.3) is 21.5 Å². The lowest BCUT2D eigenvalue weighted by molar-refractivity contribution is -0.436. The summed E-state index contributed by atoms with van der Waals surface area (Å²) < 4.78 is 7.58. The molecule has 6 aromatic rings. The molecular formula is C51H47N2O4+. The molecule has 6 nitrogen and oxygen atoms in total. The molecule has 0 saturated carbocycles. The minimum atomic E-state index is -0.817. The maximum atomic E-state index is 11.7. The van der Waals surface area contributed by atoms with Crippen molar-refractivity contribution in [3.05, 3.63) is 192 Å². The molecule has 1 N–H and O–H groups in total. The maximum absolute atomic E-state index is 11.7. The quantitative estimate of drug-likeness (QED) is 0.0395. The van der Waals surface area contributed by atoms with Crippen LogP contribution >= 0.6 is 0 Å². The lowest BCUT2D eigenvalue weighted by Crippen LogP contribution is -2.37. The molecule has 6 aromatic carbocycles. The van der Waals surface area contributed by atoms with Gasteiger partial charge in [-0.2, -0.15) is 4.58 Å². The molecule has 0 radical (unpaired) electrons. The Kier molecular flexibility index (Phi) is 10.4. The fraction of sp³-hybridized carbons (Fsp3) is 0.196. The highest BCUT2D eigenvalue weighted by atomic mass is 16.5. The zero-order chi connectivity index (χ0) is 39.4. The van der Waals surface area contributed by atoms with Crippen molar-refractivity contribution in [1.82, 2.24) is 0 Å².